The average Bonchev–Trinajstić information content (AvgIpc) is 2.15. The lowest BCUT2D eigenvalue weighted by Gasteiger charge is -2.18. The monoisotopic (exact) mass is 211 g/mol. The second kappa shape index (κ2) is 10.0. The number of ether oxygens (including phenoxy) is 1. The van der Waals surface area contributed by atoms with Gasteiger partial charge in [-0.1, -0.05) is 13.8 Å². The van der Waals surface area contributed by atoms with Crippen LogP contribution in [-0.4, -0.2) is 38.3 Å². The van der Waals surface area contributed by atoms with Crippen LogP contribution in [0.4, 0.5) is 0 Å². The Morgan fingerprint density at radius 2 is 2.00 bits per heavy atom. The van der Waals surface area contributed by atoms with E-state index in [0.29, 0.717) is 0 Å². The molecule has 0 aromatic carbocycles. The van der Waals surface area contributed by atoms with E-state index in [1.54, 1.807) is 0 Å². The number of hydrogen-bond donors (Lipinski definition) is 0. The zero-order valence-electron chi connectivity index (χ0n) is 10.7. The van der Waals surface area contributed by atoms with Gasteiger partial charge in [0.25, 0.3) is 0 Å². The third-order valence-corrected chi connectivity index (χ3v) is 2.05. The molecule has 0 radical (unpaired) electrons. The summed E-state index contributed by atoms with van der Waals surface area (Å²) >= 11 is 0. The molecule has 0 bridgehead atoms. The minimum atomic E-state index is 0.746. The maximum absolute atomic E-state index is 5.46. The fourth-order valence-electron chi connectivity index (χ4n) is 1.50. The standard InChI is InChI=1S/C13H25NO/c1-5-6-7-10-15-11-8-9-14(4)12-13(2)3/h13H,7-12H2,1-4H3. The zero-order valence-corrected chi connectivity index (χ0v) is 10.7. The van der Waals surface area contributed by atoms with Gasteiger partial charge in [0.1, 0.15) is 0 Å². The fraction of sp³-hybridized carbons (Fsp3) is 0.846. The van der Waals surface area contributed by atoms with Crippen molar-refractivity contribution >= 4 is 0 Å². The molecule has 0 aliphatic carbocycles. The molecule has 0 aromatic rings. The van der Waals surface area contributed by atoms with E-state index in [0.717, 1.165) is 38.5 Å². The minimum Gasteiger partial charge on any atom is -0.380 e. The molecule has 0 spiro atoms. The van der Waals surface area contributed by atoms with Crippen LogP contribution >= 0.6 is 0 Å². The van der Waals surface area contributed by atoms with Gasteiger partial charge in [-0.15, -0.1) is 11.8 Å². The maximum atomic E-state index is 5.46. The maximum Gasteiger partial charge on any atom is 0.0575 e. The summed E-state index contributed by atoms with van der Waals surface area (Å²) in [5.41, 5.74) is 0. The molecule has 0 aliphatic heterocycles. The molecule has 0 unspecified atom stereocenters. The minimum absolute atomic E-state index is 0.746. The Bertz CT molecular complexity index is 190. The summed E-state index contributed by atoms with van der Waals surface area (Å²) in [6, 6.07) is 0. The quantitative estimate of drug-likeness (QED) is 0.451. The van der Waals surface area contributed by atoms with Crippen LogP contribution in [0.25, 0.3) is 0 Å². The van der Waals surface area contributed by atoms with E-state index in [4.69, 9.17) is 4.74 Å². The first-order valence-electron chi connectivity index (χ1n) is 5.82. The van der Waals surface area contributed by atoms with Gasteiger partial charge in [-0.2, -0.15) is 0 Å². The van der Waals surface area contributed by atoms with Crippen molar-refractivity contribution in [1.82, 2.24) is 4.90 Å². The Hall–Kier alpha value is -0.520. The Labute approximate surface area is 95.0 Å². The van der Waals surface area contributed by atoms with Crippen molar-refractivity contribution in [1.29, 1.82) is 0 Å². The topological polar surface area (TPSA) is 12.5 Å². The molecule has 15 heavy (non-hydrogen) atoms. The summed E-state index contributed by atoms with van der Waals surface area (Å²) in [5, 5.41) is 0. The molecule has 0 aliphatic rings. The van der Waals surface area contributed by atoms with Crippen LogP contribution in [0.1, 0.15) is 33.6 Å². The highest BCUT2D eigenvalue weighted by atomic mass is 16.5. The van der Waals surface area contributed by atoms with Crippen LogP contribution in [0.5, 0.6) is 0 Å². The van der Waals surface area contributed by atoms with Crippen LogP contribution in [0.15, 0.2) is 0 Å². The fourth-order valence-corrected chi connectivity index (χ4v) is 1.50. The van der Waals surface area contributed by atoms with Gasteiger partial charge >= 0.3 is 0 Å². The smallest absolute Gasteiger partial charge is 0.0575 e. The van der Waals surface area contributed by atoms with Gasteiger partial charge < -0.3 is 9.64 Å². The largest absolute Gasteiger partial charge is 0.380 e. The normalized spacial score (nSPS) is 10.5. The van der Waals surface area contributed by atoms with Gasteiger partial charge in [-0.25, -0.2) is 0 Å². The third kappa shape index (κ3) is 11.4. The Morgan fingerprint density at radius 3 is 2.60 bits per heavy atom. The molecule has 0 rings (SSSR count). The molecule has 88 valence electrons. The van der Waals surface area contributed by atoms with Crippen molar-refractivity contribution in [2.75, 3.05) is 33.4 Å². The highest BCUT2D eigenvalue weighted by Gasteiger charge is 2.00. The third-order valence-electron chi connectivity index (χ3n) is 2.05. The molecule has 0 fully saturated rings. The molecule has 2 nitrogen and oxygen atoms in total. The van der Waals surface area contributed by atoms with Crippen LogP contribution in [-0.2, 0) is 4.74 Å². The van der Waals surface area contributed by atoms with Gasteiger partial charge in [-0.3, -0.25) is 0 Å². The van der Waals surface area contributed by atoms with E-state index in [1.807, 2.05) is 6.92 Å². The van der Waals surface area contributed by atoms with Crippen molar-refractivity contribution in [2.24, 2.45) is 5.92 Å². The molecule has 0 heterocycles. The lowest BCUT2D eigenvalue weighted by molar-refractivity contribution is 0.127. The summed E-state index contributed by atoms with van der Waals surface area (Å²) in [6.45, 7) is 10.3. The first-order valence-corrected chi connectivity index (χ1v) is 5.82. The molecule has 0 saturated carbocycles. The van der Waals surface area contributed by atoms with Gasteiger partial charge in [-0.05, 0) is 26.3 Å². The van der Waals surface area contributed by atoms with Crippen molar-refractivity contribution in [2.45, 2.75) is 33.6 Å². The molecule has 0 amide bonds. The second-order valence-corrected chi connectivity index (χ2v) is 4.30. The predicted octanol–water partition coefficient (Wildman–Crippen LogP) is 2.39. The van der Waals surface area contributed by atoms with E-state index in [2.05, 4.69) is 37.6 Å². The van der Waals surface area contributed by atoms with Gasteiger partial charge in [0, 0.05) is 26.1 Å². The molecular formula is C13H25NO. The Morgan fingerprint density at radius 1 is 1.27 bits per heavy atom. The van der Waals surface area contributed by atoms with Crippen LogP contribution in [0.3, 0.4) is 0 Å². The van der Waals surface area contributed by atoms with Crippen LogP contribution in [0, 0.1) is 17.8 Å². The Balaban J connectivity index is 3.18. The average molecular weight is 211 g/mol. The lowest BCUT2D eigenvalue weighted by atomic mass is 10.2. The van der Waals surface area contributed by atoms with E-state index in [9.17, 15) is 0 Å². The Kier molecular flexibility index (Phi) is 9.67. The second-order valence-electron chi connectivity index (χ2n) is 4.30. The first kappa shape index (κ1) is 14.5. The SMILES string of the molecule is CC#CCCOCCCN(C)CC(C)C. The zero-order chi connectivity index (χ0) is 11.5. The molecule has 0 N–H and O–H groups in total. The van der Waals surface area contributed by atoms with E-state index >= 15 is 0 Å². The van der Waals surface area contributed by atoms with Crippen molar-refractivity contribution in [3.05, 3.63) is 0 Å². The lowest BCUT2D eigenvalue weighted by Crippen LogP contribution is -2.25. The number of hydrogen-bond acceptors (Lipinski definition) is 2. The van der Waals surface area contributed by atoms with Gasteiger partial charge in [0.2, 0.25) is 0 Å². The number of rotatable bonds is 8. The van der Waals surface area contributed by atoms with E-state index in [-0.39, 0.29) is 0 Å². The van der Waals surface area contributed by atoms with Crippen LogP contribution < -0.4 is 0 Å². The van der Waals surface area contributed by atoms with Gasteiger partial charge in [0.05, 0.1) is 6.61 Å². The summed E-state index contributed by atoms with van der Waals surface area (Å²) in [7, 11) is 2.17. The first-order chi connectivity index (χ1) is 7.16. The summed E-state index contributed by atoms with van der Waals surface area (Å²) in [4.78, 5) is 2.36. The molecule has 0 aromatic heterocycles. The molecule has 0 saturated heterocycles. The van der Waals surface area contributed by atoms with Gasteiger partial charge in [0.15, 0.2) is 0 Å². The molecule has 2 heteroatoms. The molecule has 0 atom stereocenters. The van der Waals surface area contributed by atoms with Crippen molar-refractivity contribution in [3.8, 4) is 11.8 Å². The summed E-state index contributed by atoms with van der Waals surface area (Å²) < 4.78 is 5.46. The molecular weight excluding hydrogens is 186 g/mol. The van der Waals surface area contributed by atoms with Crippen molar-refractivity contribution < 1.29 is 4.74 Å². The predicted molar refractivity (Wildman–Crippen MR) is 65.8 cm³/mol. The van der Waals surface area contributed by atoms with Crippen LogP contribution in [0.2, 0.25) is 0 Å². The van der Waals surface area contributed by atoms with E-state index in [1.165, 1.54) is 6.54 Å². The van der Waals surface area contributed by atoms with E-state index < -0.39 is 0 Å². The summed E-state index contributed by atoms with van der Waals surface area (Å²) in [6.07, 6.45) is 1.97. The highest BCUT2D eigenvalue weighted by Crippen LogP contribution is 1.97. The highest BCUT2D eigenvalue weighted by molar-refractivity contribution is 4.94. The number of nitrogens with zero attached hydrogens (tertiary/aromatic N) is 1. The van der Waals surface area contributed by atoms with Crippen molar-refractivity contribution in [3.63, 3.8) is 0 Å². The summed E-state index contributed by atoms with van der Waals surface area (Å²) in [5.74, 6) is 6.59.